The molecule has 0 aromatic heterocycles. The van der Waals surface area contributed by atoms with E-state index in [1.165, 1.54) is 10.5 Å². The fourth-order valence-corrected chi connectivity index (χ4v) is 3.49. The van der Waals surface area contributed by atoms with Crippen LogP contribution in [0.4, 0.5) is 10.5 Å². The van der Waals surface area contributed by atoms with Gasteiger partial charge in [-0.3, -0.25) is 0 Å². The number of carbonyl (C=O) groups is 1. The predicted molar refractivity (Wildman–Crippen MR) is 129 cm³/mol. The Hall–Kier alpha value is -2.57. The quantitative estimate of drug-likeness (QED) is 0.347. The molecule has 0 radical (unpaired) electrons. The van der Waals surface area contributed by atoms with Gasteiger partial charge < -0.3 is 25.2 Å². The van der Waals surface area contributed by atoms with Crippen LogP contribution < -0.4 is 5.32 Å². The second-order valence-corrected chi connectivity index (χ2v) is 9.06. The van der Waals surface area contributed by atoms with Crippen LogP contribution in [-0.4, -0.2) is 46.4 Å². The monoisotopic (exact) mass is 442 g/mol. The zero-order valence-electron chi connectivity index (χ0n) is 19.6. The molecule has 3 N–H and O–H groups in total. The second-order valence-electron chi connectivity index (χ2n) is 9.06. The van der Waals surface area contributed by atoms with Crippen LogP contribution in [0, 0.1) is 0 Å². The molecule has 176 valence electrons. The summed E-state index contributed by atoms with van der Waals surface area (Å²) in [6.45, 7) is 8.13. The summed E-state index contributed by atoms with van der Waals surface area (Å²) in [6, 6.07) is 17.9. The highest BCUT2D eigenvalue weighted by Crippen LogP contribution is 2.23. The molecule has 1 atom stereocenters. The van der Waals surface area contributed by atoms with Gasteiger partial charge in [0.1, 0.15) is 0 Å². The van der Waals surface area contributed by atoms with Gasteiger partial charge in [-0.1, -0.05) is 42.5 Å². The Balaban J connectivity index is 1.66. The Bertz CT molecular complexity index is 805. The Morgan fingerprint density at radius 2 is 1.81 bits per heavy atom. The Morgan fingerprint density at radius 3 is 2.50 bits per heavy atom. The Morgan fingerprint density at radius 1 is 1.06 bits per heavy atom. The summed E-state index contributed by atoms with van der Waals surface area (Å²) in [4.78, 5) is 12.8. The lowest BCUT2D eigenvalue weighted by atomic mass is 10.0. The van der Waals surface area contributed by atoms with Gasteiger partial charge >= 0.3 is 6.09 Å². The van der Waals surface area contributed by atoms with E-state index in [1.807, 2.05) is 63.2 Å². The summed E-state index contributed by atoms with van der Waals surface area (Å²) in [5.41, 5.74) is 2.46. The number of unbranched alkanes of at least 4 members (excludes halogenated alkanes) is 2. The van der Waals surface area contributed by atoms with Crippen molar-refractivity contribution in [1.29, 1.82) is 0 Å². The first kappa shape index (κ1) is 25.7. The van der Waals surface area contributed by atoms with Crippen LogP contribution in [0.3, 0.4) is 0 Å². The largest absolute Gasteiger partial charge is 0.465 e. The van der Waals surface area contributed by atoms with Crippen LogP contribution >= 0.6 is 0 Å². The van der Waals surface area contributed by atoms with E-state index in [-0.39, 0.29) is 6.54 Å². The highest BCUT2D eigenvalue weighted by molar-refractivity contribution is 5.65. The van der Waals surface area contributed by atoms with E-state index in [0.717, 1.165) is 43.7 Å². The number of aliphatic hydroxyl groups excluding tert-OH is 1. The van der Waals surface area contributed by atoms with Gasteiger partial charge in [-0.05, 0) is 69.7 Å². The number of carboxylic acid groups (broad SMARTS) is 1. The summed E-state index contributed by atoms with van der Waals surface area (Å²) in [5, 5.41) is 23.4. The third kappa shape index (κ3) is 9.28. The van der Waals surface area contributed by atoms with Crippen molar-refractivity contribution in [3.63, 3.8) is 0 Å². The number of nitrogens with one attached hydrogen (secondary N) is 1. The third-order valence-electron chi connectivity index (χ3n) is 5.34. The number of hydrogen-bond donors (Lipinski definition) is 3. The van der Waals surface area contributed by atoms with Crippen molar-refractivity contribution < 1.29 is 19.7 Å². The summed E-state index contributed by atoms with van der Waals surface area (Å²) < 4.78 is 5.71. The van der Waals surface area contributed by atoms with Crippen LogP contribution in [0.15, 0.2) is 54.6 Å². The number of hydrogen-bond acceptors (Lipinski definition) is 4. The molecular weight excluding hydrogens is 404 g/mol. The smallest absolute Gasteiger partial charge is 0.407 e. The molecule has 6 heteroatoms. The number of rotatable bonds is 13. The van der Waals surface area contributed by atoms with Crippen LogP contribution in [0.1, 0.15) is 63.7 Å². The van der Waals surface area contributed by atoms with Crippen molar-refractivity contribution in [2.24, 2.45) is 0 Å². The van der Waals surface area contributed by atoms with E-state index in [4.69, 9.17) is 4.74 Å². The molecule has 0 fully saturated rings. The van der Waals surface area contributed by atoms with E-state index in [0.29, 0.717) is 13.0 Å². The van der Waals surface area contributed by atoms with E-state index in [1.54, 1.807) is 0 Å². The zero-order chi connectivity index (χ0) is 23.4. The van der Waals surface area contributed by atoms with Crippen molar-refractivity contribution in [2.45, 2.75) is 64.7 Å². The van der Waals surface area contributed by atoms with Crippen LogP contribution in [-0.2, 0) is 11.3 Å². The van der Waals surface area contributed by atoms with Gasteiger partial charge in [-0.15, -0.1) is 0 Å². The van der Waals surface area contributed by atoms with E-state index in [9.17, 15) is 15.0 Å². The maximum Gasteiger partial charge on any atom is 0.407 e. The number of benzene rings is 2. The molecule has 1 amide bonds. The number of anilines is 1. The van der Waals surface area contributed by atoms with Crippen molar-refractivity contribution >= 4 is 11.8 Å². The van der Waals surface area contributed by atoms with Crippen molar-refractivity contribution in [2.75, 3.05) is 25.0 Å². The second kappa shape index (κ2) is 13.1. The van der Waals surface area contributed by atoms with Gasteiger partial charge in [0, 0.05) is 30.9 Å². The molecule has 0 saturated carbocycles. The molecule has 2 aromatic carbocycles. The average molecular weight is 443 g/mol. The minimum Gasteiger partial charge on any atom is -0.465 e. The molecule has 0 bridgehead atoms. The van der Waals surface area contributed by atoms with Crippen LogP contribution in [0.25, 0.3) is 0 Å². The van der Waals surface area contributed by atoms with Crippen molar-refractivity contribution in [1.82, 2.24) is 4.90 Å². The van der Waals surface area contributed by atoms with E-state index in [2.05, 4.69) is 17.4 Å². The lowest BCUT2D eigenvalue weighted by Crippen LogP contribution is -2.45. The highest BCUT2D eigenvalue weighted by Gasteiger charge is 2.26. The van der Waals surface area contributed by atoms with Crippen molar-refractivity contribution in [3.8, 4) is 0 Å². The summed E-state index contributed by atoms with van der Waals surface area (Å²) >= 11 is 0. The first-order valence-corrected chi connectivity index (χ1v) is 11.4. The maximum atomic E-state index is 11.5. The molecule has 0 heterocycles. The summed E-state index contributed by atoms with van der Waals surface area (Å²) in [7, 11) is 0. The van der Waals surface area contributed by atoms with Gasteiger partial charge in [-0.2, -0.15) is 0 Å². The van der Waals surface area contributed by atoms with E-state index >= 15 is 0 Å². The topological polar surface area (TPSA) is 82.0 Å². The average Bonchev–Trinajstić information content (AvgIpc) is 2.75. The first-order chi connectivity index (χ1) is 15.3. The minimum atomic E-state index is -0.967. The first-order valence-electron chi connectivity index (χ1n) is 11.4. The lowest BCUT2D eigenvalue weighted by Gasteiger charge is -2.33. The summed E-state index contributed by atoms with van der Waals surface area (Å²) in [5.74, 6) is 0. The molecular formula is C26H38N2O4. The number of amides is 1. The molecule has 1 unspecified atom stereocenters. The molecule has 32 heavy (non-hydrogen) atoms. The standard InChI is InChI=1S/C26H38N2O4/c1-26(2,3)28(25(30)31)17-15-24(29)22-13-10-14-23(19-22)27-16-8-5-9-18-32-20-21-11-6-4-7-12-21/h4,6-7,10-14,19,24,27,29H,5,8-9,15-18,20H2,1-3H3,(H,30,31). The van der Waals surface area contributed by atoms with Gasteiger partial charge in [0.2, 0.25) is 0 Å². The molecule has 0 aliphatic carbocycles. The minimum absolute atomic E-state index is 0.282. The van der Waals surface area contributed by atoms with Crippen molar-refractivity contribution in [3.05, 3.63) is 65.7 Å². The van der Waals surface area contributed by atoms with Gasteiger partial charge in [0.05, 0.1) is 12.7 Å². The van der Waals surface area contributed by atoms with Gasteiger partial charge in [-0.25, -0.2) is 4.79 Å². The fraction of sp³-hybridized carbons (Fsp3) is 0.500. The predicted octanol–water partition coefficient (Wildman–Crippen LogP) is 5.69. The zero-order valence-corrected chi connectivity index (χ0v) is 19.6. The SMILES string of the molecule is CC(C)(C)N(CCC(O)c1cccc(NCCCCCOCc2ccccc2)c1)C(=O)O. The molecule has 2 rings (SSSR count). The van der Waals surface area contributed by atoms with E-state index < -0.39 is 17.7 Å². The van der Waals surface area contributed by atoms with Crippen LogP contribution in [0.2, 0.25) is 0 Å². The maximum absolute atomic E-state index is 11.5. The normalized spacial score (nSPS) is 12.4. The molecule has 0 aliphatic rings. The summed E-state index contributed by atoms with van der Waals surface area (Å²) in [6.07, 6.45) is 1.84. The highest BCUT2D eigenvalue weighted by atomic mass is 16.5. The van der Waals surface area contributed by atoms with Gasteiger partial charge in [0.15, 0.2) is 0 Å². The number of aliphatic hydroxyl groups is 1. The Kier molecular flexibility index (Phi) is 10.5. The molecule has 6 nitrogen and oxygen atoms in total. The lowest BCUT2D eigenvalue weighted by molar-refractivity contribution is 0.0821. The van der Waals surface area contributed by atoms with Crippen LogP contribution in [0.5, 0.6) is 0 Å². The van der Waals surface area contributed by atoms with Gasteiger partial charge in [0.25, 0.3) is 0 Å². The fourth-order valence-electron chi connectivity index (χ4n) is 3.49. The molecule has 0 spiro atoms. The number of ether oxygens (including phenoxy) is 1. The molecule has 0 aliphatic heterocycles. The third-order valence-corrected chi connectivity index (χ3v) is 5.34. The molecule has 2 aromatic rings. The Labute approximate surface area is 192 Å². The number of nitrogens with zero attached hydrogens (tertiary/aromatic N) is 1. The molecule has 0 saturated heterocycles.